The summed E-state index contributed by atoms with van der Waals surface area (Å²) in [7, 11) is 1.72. The number of fused-ring (bicyclic) bond motifs is 1. The van der Waals surface area contributed by atoms with Crippen LogP contribution in [0.2, 0.25) is 0 Å². The molecule has 0 amide bonds. The molecule has 2 heteroatoms. The van der Waals surface area contributed by atoms with Crippen LogP contribution in [0.5, 0.6) is 0 Å². The van der Waals surface area contributed by atoms with Crippen LogP contribution in [0.15, 0.2) is 24.3 Å². The Hall–Kier alpha value is -0.860. The third-order valence-corrected chi connectivity index (χ3v) is 3.78. The summed E-state index contributed by atoms with van der Waals surface area (Å²) in [5, 5.41) is 9.76. The maximum Gasteiger partial charge on any atom is 0.0528 e. The standard InChI is InChI=1S/C14H20O2/c1-16-10-9-14(11-15)8-4-6-12-5-2-3-7-13(12)14/h2-3,5,7,15H,4,6,8-11H2,1H3. The minimum atomic E-state index is -0.0646. The zero-order valence-corrected chi connectivity index (χ0v) is 9.91. The van der Waals surface area contributed by atoms with Crippen molar-refractivity contribution in [2.75, 3.05) is 20.3 Å². The van der Waals surface area contributed by atoms with Gasteiger partial charge in [-0.1, -0.05) is 24.3 Å². The van der Waals surface area contributed by atoms with Crippen LogP contribution in [0.25, 0.3) is 0 Å². The molecule has 0 fully saturated rings. The molecule has 0 spiro atoms. The number of aliphatic hydroxyl groups is 1. The van der Waals surface area contributed by atoms with Gasteiger partial charge >= 0.3 is 0 Å². The molecule has 0 aromatic heterocycles. The van der Waals surface area contributed by atoms with Gasteiger partial charge in [0.05, 0.1) is 6.61 Å². The van der Waals surface area contributed by atoms with Crippen LogP contribution in [0, 0.1) is 0 Å². The van der Waals surface area contributed by atoms with Crippen molar-refractivity contribution in [1.82, 2.24) is 0 Å². The smallest absolute Gasteiger partial charge is 0.0528 e. The van der Waals surface area contributed by atoms with E-state index in [1.165, 1.54) is 17.5 Å². The quantitative estimate of drug-likeness (QED) is 0.843. The van der Waals surface area contributed by atoms with Crippen LogP contribution in [0.1, 0.15) is 30.4 Å². The van der Waals surface area contributed by atoms with E-state index in [0.29, 0.717) is 0 Å². The Morgan fingerprint density at radius 3 is 2.94 bits per heavy atom. The molecule has 2 rings (SSSR count). The molecular weight excluding hydrogens is 200 g/mol. The van der Waals surface area contributed by atoms with Crippen LogP contribution < -0.4 is 0 Å². The van der Waals surface area contributed by atoms with Crippen LogP contribution in [0.3, 0.4) is 0 Å². The van der Waals surface area contributed by atoms with E-state index in [4.69, 9.17) is 4.74 Å². The fraction of sp³-hybridized carbons (Fsp3) is 0.571. The second-order valence-electron chi connectivity index (χ2n) is 4.69. The minimum absolute atomic E-state index is 0.0646. The van der Waals surface area contributed by atoms with E-state index in [2.05, 4.69) is 24.3 Å². The number of aliphatic hydroxyl groups excluding tert-OH is 1. The monoisotopic (exact) mass is 220 g/mol. The SMILES string of the molecule is COCCC1(CO)CCCc2ccccc21. The highest BCUT2D eigenvalue weighted by atomic mass is 16.5. The van der Waals surface area contributed by atoms with Gasteiger partial charge in [0.25, 0.3) is 0 Å². The van der Waals surface area contributed by atoms with Gasteiger partial charge in [-0.2, -0.15) is 0 Å². The van der Waals surface area contributed by atoms with Gasteiger partial charge in [0.1, 0.15) is 0 Å². The van der Waals surface area contributed by atoms with Gasteiger partial charge in [0.2, 0.25) is 0 Å². The first-order chi connectivity index (χ1) is 7.82. The molecule has 0 bridgehead atoms. The third kappa shape index (κ3) is 2.00. The summed E-state index contributed by atoms with van der Waals surface area (Å²) in [6, 6.07) is 8.51. The summed E-state index contributed by atoms with van der Waals surface area (Å²) in [5.41, 5.74) is 2.67. The topological polar surface area (TPSA) is 29.5 Å². The van der Waals surface area contributed by atoms with Crippen LogP contribution in [0.4, 0.5) is 0 Å². The highest BCUT2D eigenvalue weighted by Gasteiger charge is 2.35. The van der Waals surface area contributed by atoms with Crippen LogP contribution in [-0.4, -0.2) is 25.4 Å². The van der Waals surface area contributed by atoms with Gasteiger partial charge in [0.15, 0.2) is 0 Å². The Balaban J connectivity index is 2.33. The number of benzene rings is 1. The van der Waals surface area contributed by atoms with Crippen molar-refractivity contribution in [2.24, 2.45) is 0 Å². The molecule has 1 aliphatic rings. The summed E-state index contributed by atoms with van der Waals surface area (Å²) in [6.45, 7) is 0.947. The summed E-state index contributed by atoms with van der Waals surface area (Å²) < 4.78 is 5.18. The van der Waals surface area contributed by atoms with E-state index in [-0.39, 0.29) is 12.0 Å². The zero-order valence-electron chi connectivity index (χ0n) is 9.91. The Labute approximate surface area is 97.3 Å². The lowest BCUT2D eigenvalue weighted by Crippen LogP contribution is -2.35. The van der Waals surface area contributed by atoms with E-state index in [9.17, 15) is 5.11 Å². The lowest BCUT2D eigenvalue weighted by Gasteiger charge is -2.37. The van der Waals surface area contributed by atoms with E-state index in [0.717, 1.165) is 25.9 Å². The Bertz CT molecular complexity index is 348. The lowest BCUT2D eigenvalue weighted by atomic mass is 9.68. The first-order valence-electron chi connectivity index (χ1n) is 6.00. The number of hydrogen-bond donors (Lipinski definition) is 1. The first kappa shape index (κ1) is 11.6. The predicted molar refractivity (Wildman–Crippen MR) is 64.6 cm³/mol. The second-order valence-corrected chi connectivity index (χ2v) is 4.69. The van der Waals surface area contributed by atoms with Crippen molar-refractivity contribution >= 4 is 0 Å². The second kappa shape index (κ2) is 4.98. The largest absolute Gasteiger partial charge is 0.395 e. The summed E-state index contributed by atoms with van der Waals surface area (Å²) in [5.74, 6) is 0. The van der Waals surface area contributed by atoms with E-state index in [1.54, 1.807) is 7.11 Å². The van der Waals surface area contributed by atoms with E-state index >= 15 is 0 Å². The van der Waals surface area contributed by atoms with Crippen molar-refractivity contribution in [1.29, 1.82) is 0 Å². The molecule has 1 unspecified atom stereocenters. The highest BCUT2D eigenvalue weighted by molar-refractivity contribution is 5.36. The van der Waals surface area contributed by atoms with Gasteiger partial charge in [-0.05, 0) is 36.8 Å². The number of methoxy groups -OCH3 is 1. The number of aryl methyl sites for hydroxylation is 1. The maximum atomic E-state index is 9.76. The summed E-state index contributed by atoms with van der Waals surface area (Å²) in [6.07, 6.45) is 4.30. The van der Waals surface area contributed by atoms with Crippen molar-refractivity contribution in [2.45, 2.75) is 31.1 Å². The molecule has 0 radical (unpaired) electrons. The average molecular weight is 220 g/mol. The molecule has 1 aliphatic carbocycles. The fourth-order valence-corrected chi connectivity index (χ4v) is 2.81. The molecule has 88 valence electrons. The molecule has 1 N–H and O–H groups in total. The maximum absolute atomic E-state index is 9.76. The highest BCUT2D eigenvalue weighted by Crippen LogP contribution is 2.39. The van der Waals surface area contributed by atoms with Crippen molar-refractivity contribution in [3.05, 3.63) is 35.4 Å². The van der Waals surface area contributed by atoms with Gasteiger partial charge < -0.3 is 9.84 Å². The molecule has 0 heterocycles. The van der Waals surface area contributed by atoms with Crippen LogP contribution in [-0.2, 0) is 16.6 Å². The van der Waals surface area contributed by atoms with Gasteiger partial charge in [-0.3, -0.25) is 0 Å². The molecule has 1 aromatic carbocycles. The molecule has 1 atom stereocenters. The van der Waals surface area contributed by atoms with E-state index in [1.807, 2.05) is 0 Å². The Morgan fingerprint density at radius 2 is 2.19 bits per heavy atom. The van der Waals surface area contributed by atoms with Crippen molar-refractivity contribution < 1.29 is 9.84 Å². The summed E-state index contributed by atoms with van der Waals surface area (Å²) in [4.78, 5) is 0. The van der Waals surface area contributed by atoms with Crippen molar-refractivity contribution in [3.8, 4) is 0 Å². The van der Waals surface area contributed by atoms with Crippen LogP contribution >= 0.6 is 0 Å². The third-order valence-electron chi connectivity index (χ3n) is 3.78. The average Bonchev–Trinajstić information content (AvgIpc) is 2.36. The minimum Gasteiger partial charge on any atom is -0.395 e. The molecule has 2 nitrogen and oxygen atoms in total. The molecule has 1 aromatic rings. The molecular formula is C14H20O2. The summed E-state index contributed by atoms with van der Waals surface area (Å²) >= 11 is 0. The predicted octanol–water partition coefficient (Wildman–Crippen LogP) is 2.29. The molecule has 0 saturated carbocycles. The zero-order chi connectivity index (χ0) is 11.4. The Morgan fingerprint density at radius 1 is 1.38 bits per heavy atom. The Kier molecular flexibility index (Phi) is 3.62. The van der Waals surface area contributed by atoms with E-state index < -0.39 is 0 Å². The van der Waals surface area contributed by atoms with Gasteiger partial charge in [-0.25, -0.2) is 0 Å². The molecule has 16 heavy (non-hydrogen) atoms. The lowest BCUT2D eigenvalue weighted by molar-refractivity contribution is 0.114. The fourth-order valence-electron chi connectivity index (χ4n) is 2.81. The molecule has 0 saturated heterocycles. The normalized spacial score (nSPS) is 24.1. The van der Waals surface area contributed by atoms with Gasteiger partial charge in [0, 0.05) is 19.1 Å². The number of rotatable bonds is 4. The van der Waals surface area contributed by atoms with Crippen molar-refractivity contribution in [3.63, 3.8) is 0 Å². The number of ether oxygens (including phenoxy) is 1. The number of hydrogen-bond acceptors (Lipinski definition) is 2. The first-order valence-corrected chi connectivity index (χ1v) is 6.00. The molecule has 0 aliphatic heterocycles. The van der Waals surface area contributed by atoms with Gasteiger partial charge in [-0.15, -0.1) is 0 Å².